The average Bonchev–Trinajstić information content (AvgIpc) is 2.72. The van der Waals surface area contributed by atoms with Crippen LogP contribution in [0.2, 0.25) is 0 Å². The maximum absolute atomic E-state index is 14.3. The zero-order valence-corrected chi connectivity index (χ0v) is 14.9. The van der Waals surface area contributed by atoms with Gasteiger partial charge in [-0.15, -0.1) is 0 Å². The molecule has 0 aromatic heterocycles. The molecule has 0 fully saturated rings. The summed E-state index contributed by atoms with van der Waals surface area (Å²) in [5, 5.41) is 0. The van der Waals surface area contributed by atoms with Gasteiger partial charge in [0.25, 0.3) is 13.1 Å². The monoisotopic (exact) mass is 362 g/mol. The van der Waals surface area contributed by atoms with Crippen molar-refractivity contribution in [2.45, 2.75) is 6.10 Å². The van der Waals surface area contributed by atoms with Crippen molar-refractivity contribution >= 4 is 0 Å². The second kappa shape index (κ2) is 9.51. The first-order valence-corrected chi connectivity index (χ1v) is 8.79. The third-order valence-corrected chi connectivity index (χ3v) is 4.13. The number of para-hydroxylation sites is 1. The number of hydrogen-bond acceptors (Lipinski definition) is 2. The topological polar surface area (TPSA) is 22.8 Å². The Kier molecular flexibility index (Phi) is 6.56. The normalized spacial score (nSPS) is 11.6. The minimum absolute atomic E-state index is 0.286. The van der Waals surface area contributed by atoms with Crippen molar-refractivity contribution in [2.75, 3.05) is 19.8 Å². The van der Waals surface area contributed by atoms with E-state index in [9.17, 15) is 4.39 Å². The highest BCUT2D eigenvalue weighted by atomic mass is 19.1. The van der Waals surface area contributed by atoms with Crippen molar-refractivity contribution < 1.29 is 13.9 Å². The highest BCUT2D eigenvalue weighted by molar-refractivity contribution is 5.70. The van der Waals surface area contributed by atoms with Gasteiger partial charge in [0.15, 0.2) is 0 Å². The largest absolute Gasteiger partial charge is 0.483 e. The van der Waals surface area contributed by atoms with Crippen LogP contribution in [0.5, 0.6) is 5.75 Å². The molecule has 1 atom stereocenters. The smallest absolute Gasteiger partial charge is 0.286 e. The van der Waals surface area contributed by atoms with Crippen LogP contribution in [0, 0.1) is 12.4 Å². The second-order valence-corrected chi connectivity index (χ2v) is 5.97. The average molecular weight is 362 g/mol. The van der Waals surface area contributed by atoms with Gasteiger partial charge in [-0.05, 0) is 17.7 Å². The Bertz CT molecular complexity index is 906. The molecule has 0 saturated heterocycles. The fourth-order valence-electron chi connectivity index (χ4n) is 2.80. The van der Waals surface area contributed by atoms with Gasteiger partial charge in [0.05, 0.1) is 6.61 Å². The molecular weight excluding hydrogens is 341 g/mol. The van der Waals surface area contributed by atoms with Crippen molar-refractivity contribution in [3.8, 4) is 23.4 Å². The van der Waals surface area contributed by atoms with Crippen LogP contribution in [-0.4, -0.2) is 19.8 Å². The maximum Gasteiger partial charge on any atom is 0.286 e. The van der Waals surface area contributed by atoms with Gasteiger partial charge in [-0.25, -0.2) is 4.39 Å². The molecule has 136 valence electrons. The SMILES string of the molecule is C#[N+]CCOC[C@@H](Oc1ccccc1-c1ccccc1F)c1ccccc1. The zero-order chi connectivity index (χ0) is 18.9. The Hall–Kier alpha value is -3.16. The van der Waals surface area contributed by atoms with Gasteiger partial charge in [0, 0.05) is 11.1 Å². The molecule has 0 aliphatic carbocycles. The highest BCUT2D eigenvalue weighted by Gasteiger charge is 2.17. The van der Waals surface area contributed by atoms with E-state index in [1.54, 1.807) is 12.1 Å². The molecule has 0 bridgehead atoms. The summed E-state index contributed by atoms with van der Waals surface area (Å²) in [7, 11) is 0. The number of hydrogen-bond donors (Lipinski definition) is 0. The Morgan fingerprint density at radius 3 is 2.26 bits per heavy atom. The second-order valence-electron chi connectivity index (χ2n) is 5.97. The number of ether oxygens (including phenoxy) is 2. The van der Waals surface area contributed by atoms with Crippen molar-refractivity contribution in [1.29, 1.82) is 0 Å². The molecule has 3 rings (SSSR count). The molecule has 27 heavy (non-hydrogen) atoms. The lowest BCUT2D eigenvalue weighted by atomic mass is 10.0. The quantitative estimate of drug-likeness (QED) is 0.487. The summed E-state index contributed by atoms with van der Waals surface area (Å²) in [5.74, 6) is 0.314. The Morgan fingerprint density at radius 1 is 0.852 bits per heavy atom. The Balaban J connectivity index is 1.88. The summed E-state index contributed by atoms with van der Waals surface area (Å²) in [5.41, 5.74) is 2.18. The van der Waals surface area contributed by atoms with Crippen LogP contribution in [-0.2, 0) is 4.74 Å². The van der Waals surface area contributed by atoms with E-state index in [0.29, 0.717) is 36.6 Å². The number of benzene rings is 3. The number of rotatable bonds is 8. The first-order chi connectivity index (χ1) is 13.3. The van der Waals surface area contributed by atoms with Crippen LogP contribution >= 0.6 is 0 Å². The molecule has 4 heteroatoms. The molecule has 0 heterocycles. The van der Waals surface area contributed by atoms with Crippen molar-refractivity contribution in [1.82, 2.24) is 0 Å². The molecule has 0 aliphatic heterocycles. The summed E-state index contributed by atoms with van der Waals surface area (Å²) >= 11 is 0. The molecule has 3 aromatic carbocycles. The summed E-state index contributed by atoms with van der Waals surface area (Å²) in [6.07, 6.45) is -0.336. The Labute approximate surface area is 158 Å². The van der Waals surface area contributed by atoms with Gasteiger partial charge < -0.3 is 9.47 Å². The summed E-state index contributed by atoms with van der Waals surface area (Å²) in [6, 6.07) is 23.9. The molecular formula is C23H21FNO2+. The lowest BCUT2D eigenvalue weighted by Crippen LogP contribution is -2.16. The summed E-state index contributed by atoms with van der Waals surface area (Å²) < 4.78 is 26.2. The van der Waals surface area contributed by atoms with Crippen molar-refractivity contribution in [3.05, 3.63) is 95.1 Å². The lowest BCUT2D eigenvalue weighted by molar-refractivity contribution is 0.0556. The van der Waals surface area contributed by atoms with Crippen LogP contribution in [0.1, 0.15) is 11.7 Å². The van der Waals surface area contributed by atoms with Crippen LogP contribution < -0.4 is 4.74 Å². The van der Waals surface area contributed by atoms with Crippen LogP contribution in [0.4, 0.5) is 4.39 Å². The van der Waals surface area contributed by atoms with Crippen LogP contribution in [0.25, 0.3) is 16.0 Å². The van der Waals surface area contributed by atoms with E-state index < -0.39 is 0 Å². The highest BCUT2D eigenvalue weighted by Crippen LogP contribution is 2.34. The molecule has 0 saturated carbocycles. The number of halogens is 1. The minimum atomic E-state index is -0.336. The predicted octanol–water partition coefficient (Wildman–Crippen LogP) is 5.59. The fourth-order valence-corrected chi connectivity index (χ4v) is 2.80. The molecule has 0 radical (unpaired) electrons. The van der Waals surface area contributed by atoms with E-state index in [4.69, 9.17) is 16.0 Å². The van der Waals surface area contributed by atoms with Crippen LogP contribution in [0.15, 0.2) is 78.9 Å². The van der Waals surface area contributed by atoms with Gasteiger partial charge in [-0.1, -0.05) is 71.6 Å². The van der Waals surface area contributed by atoms with E-state index in [1.165, 1.54) is 6.07 Å². The molecule has 0 N–H and O–H groups in total. The zero-order valence-electron chi connectivity index (χ0n) is 14.9. The summed E-state index contributed by atoms with van der Waals surface area (Å²) in [6.45, 7) is 6.33. The first-order valence-electron chi connectivity index (χ1n) is 8.79. The van der Waals surface area contributed by atoms with Crippen molar-refractivity contribution in [3.63, 3.8) is 0 Å². The summed E-state index contributed by atoms with van der Waals surface area (Å²) in [4.78, 5) is 3.55. The van der Waals surface area contributed by atoms with E-state index in [0.717, 1.165) is 5.56 Å². The molecule has 0 unspecified atom stereocenters. The van der Waals surface area contributed by atoms with E-state index in [-0.39, 0.29) is 11.9 Å². The molecule has 3 aromatic rings. The standard InChI is InChI=1S/C23H21FNO2/c1-25-15-16-26-17-23(18-9-3-2-4-10-18)27-22-14-8-6-12-20(22)19-11-5-7-13-21(19)24/h1-14,23H,15-17H2/q+1/t23-/m1/s1. The molecule has 0 aliphatic rings. The third kappa shape index (κ3) is 4.93. The van der Waals surface area contributed by atoms with E-state index >= 15 is 0 Å². The third-order valence-electron chi connectivity index (χ3n) is 4.13. The lowest BCUT2D eigenvalue weighted by Gasteiger charge is -2.21. The van der Waals surface area contributed by atoms with Crippen molar-refractivity contribution in [2.24, 2.45) is 0 Å². The predicted molar refractivity (Wildman–Crippen MR) is 106 cm³/mol. The van der Waals surface area contributed by atoms with Crippen LogP contribution in [0.3, 0.4) is 0 Å². The van der Waals surface area contributed by atoms with Gasteiger partial charge in [-0.3, -0.25) is 0 Å². The van der Waals surface area contributed by atoms with E-state index in [2.05, 4.69) is 4.85 Å². The minimum Gasteiger partial charge on any atom is -0.483 e. The van der Waals surface area contributed by atoms with Gasteiger partial charge >= 0.3 is 0 Å². The van der Waals surface area contributed by atoms with Gasteiger partial charge in [-0.2, -0.15) is 0 Å². The van der Waals surface area contributed by atoms with Gasteiger partial charge in [0.2, 0.25) is 0 Å². The number of nitrogens with zero attached hydrogens (tertiary/aromatic N) is 1. The maximum atomic E-state index is 14.3. The van der Waals surface area contributed by atoms with Gasteiger partial charge in [0.1, 0.15) is 24.3 Å². The van der Waals surface area contributed by atoms with E-state index in [1.807, 2.05) is 60.7 Å². The molecule has 3 nitrogen and oxygen atoms in total. The Morgan fingerprint density at radius 2 is 1.52 bits per heavy atom. The first kappa shape index (κ1) is 18.6. The molecule has 0 spiro atoms. The fraction of sp³-hybridized carbons (Fsp3) is 0.174. The molecule has 0 amide bonds.